The molecule has 0 bridgehead atoms. The van der Waals surface area contributed by atoms with Crippen molar-refractivity contribution in [1.29, 1.82) is 0 Å². The Kier molecular flexibility index (Phi) is 4.10. The van der Waals surface area contributed by atoms with E-state index in [1.165, 1.54) is 0 Å². The molecule has 2 rings (SSSR count). The van der Waals surface area contributed by atoms with E-state index in [1.54, 1.807) is 12.1 Å². The van der Waals surface area contributed by atoms with Crippen LogP contribution >= 0.6 is 11.6 Å². The molecule has 0 aliphatic heterocycles. The van der Waals surface area contributed by atoms with Crippen molar-refractivity contribution in [1.82, 2.24) is 0 Å². The van der Waals surface area contributed by atoms with E-state index in [4.69, 9.17) is 17.3 Å². The van der Waals surface area contributed by atoms with Gasteiger partial charge in [-0.15, -0.1) is 0 Å². The first kappa shape index (κ1) is 13.9. The quantitative estimate of drug-likeness (QED) is 0.833. The number of hydrogen-bond acceptors (Lipinski definition) is 3. The van der Waals surface area contributed by atoms with E-state index >= 15 is 0 Å². The number of nitrogens with one attached hydrogen (secondary N) is 1. The second-order valence-electron chi connectivity index (χ2n) is 5.09. The van der Waals surface area contributed by atoms with Gasteiger partial charge in [-0.1, -0.05) is 11.6 Å². The van der Waals surface area contributed by atoms with Crippen LogP contribution < -0.4 is 11.1 Å². The third kappa shape index (κ3) is 3.47. The van der Waals surface area contributed by atoms with Crippen LogP contribution in [0.25, 0.3) is 0 Å². The number of aryl methyl sites for hydroxylation is 1. The molecule has 1 amide bonds. The lowest BCUT2D eigenvalue weighted by molar-refractivity contribution is -0.127. The van der Waals surface area contributed by atoms with Gasteiger partial charge in [-0.25, -0.2) is 0 Å². The maximum absolute atomic E-state index is 11.8. The molecule has 1 saturated carbocycles. The summed E-state index contributed by atoms with van der Waals surface area (Å²) in [7, 11) is 0. The molecule has 0 atom stereocenters. The molecular formula is C14H17ClN2O2. The fourth-order valence-corrected chi connectivity index (χ4v) is 2.31. The third-order valence-electron chi connectivity index (χ3n) is 3.42. The predicted molar refractivity (Wildman–Crippen MR) is 76.2 cm³/mol. The van der Waals surface area contributed by atoms with Gasteiger partial charge in [0.1, 0.15) is 5.78 Å². The Balaban J connectivity index is 1.88. The SMILES string of the molecule is Cc1cc(NC(=O)CCC2CC(=O)C2)c(N)cc1Cl. The predicted octanol–water partition coefficient (Wildman–Crippen LogP) is 2.93. The molecule has 3 N–H and O–H groups in total. The number of rotatable bonds is 4. The molecule has 0 heterocycles. The lowest BCUT2D eigenvalue weighted by Crippen LogP contribution is -2.24. The molecule has 5 heteroatoms. The smallest absolute Gasteiger partial charge is 0.224 e. The Morgan fingerprint density at radius 3 is 2.79 bits per heavy atom. The number of nitrogens with two attached hydrogens (primary N) is 1. The molecule has 0 unspecified atom stereocenters. The highest BCUT2D eigenvalue weighted by Crippen LogP contribution is 2.29. The van der Waals surface area contributed by atoms with Gasteiger partial charge in [0.05, 0.1) is 11.4 Å². The molecule has 1 aliphatic rings. The average Bonchev–Trinajstić information content (AvgIpc) is 2.30. The van der Waals surface area contributed by atoms with Gasteiger partial charge >= 0.3 is 0 Å². The van der Waals surface area contributed by atoms with Crippen LogP contribution in [0.4, 0.5) is 11.4 Å². The van der Waals surface area contributed by atoms with Crippen molar-refractivity contribution in [3.05, 3.63) is 22.7 Å². The molecule has 0 aromatic heterocycles. The molecule has 19 heavy (non-hydrogen) atoms. The number of anilines is 2. The standard InChI is InChI=1S/C14H17ClN2O2/c1-8-4-13(12(16)7-11(8)15)17-14(19)3-2-9-5-10(18)6-9/h4,7,9H,2-3,5-6,16H2,1H3,(H,17,19). The summed E-state index contributed by atoms with van der Waals surface area (Å²) >= 11 is 5.94. The largest absolute Gasteiger partial charge is 0.397 e. The van der Waals surface area contributed by atoms with E-state index in [2.05, 4.69) is 5.32 Å². The van der Waals surface area contributed by atoms with Gasteiger partial charge in [-0.3, -0.25) is 9.59 Å². The molecule has 1 aromatic carbocycles. The minimum absolute atomic E-state index is 0.0761. The van der Waals surface area contributed by atoms with Crippen LogP contribution in [0.3, 0.4) is 0 Å². The molecule has 0 saturated heterocycles. The van der Waals surface area contributed by atoms with Crippen LogP contribution in [0.15, 0.2) is 12.1 Å². The molecule has 4 nitrogen and oxygen atoms in total. The molecule has 1 aromatic rings. The second kappa shape index (κ2) is 5.61. The zero-order valence-corrected chi connectivity index (χ0v) is 11.6. The summed E-state index contributed by atoms with van der Waals surface area (Å²) in [5.74, 6) is 0.596. The van der Waals surface area contributed by atoms with E-state index in [9.17, 15) is 9.59 Å². The van der Waals surface area contributed by atoms with Crippen molar-refractivity contribution in [2.75, 3.05) is 11.1 Å². The topological polar surface area (TPSA) is 72.2 Å². The summed E-state index contributed by atoms with van der Waals surface area (Å²) in [5, 5.41) is 3.37. The lowest BCUT2D eigenvalue weighted by atomic mass is 9.81. The van der Waals surface area contributed by atoms with Crippen LogP contribution in [0, 0.1) is 12.8 Å². The number of benzene rings is 1. The summed E-state index contributed by atoms with van der Waals surface area (Å²) in [4.78, 5) is 22.6. The number of nitrogen functional groups attached to an aromatic ring is 1. The normalized spacial score (nSPS) is 15.2. The first-order valence-corrected chi connectivity index (χ1v) is 6.70. The maximum Gasteiger partial charge on any atom is 0.224 e. The van der Waals surface area contributed by atoms with Gasteiger partial charge in [0.2, 0.25) is 5.91 Å². The van der Waals surface area contributed by atoms with E-state index in [0.717, 1.165) is 12.0 Å². The Labute approximate surface area is 117 Å². The average molecular weight is 281 g/mol. The van der Waals surface area contributed by atoms with Crippen molar-refractivity contribution >= 4 is 34.7 Å². The van der Waals surface area contributed by atoms with Gasteiger partial charge < -0.3 is 11.1 Å². The number of halogens is 1. The van der Waals surface area contributed by atoms with Crippen LogP contribution in [0.5, 0.6) is 0 Å². The summed E-state index contributed by atoms with van der Waals surface area (Å²) < 4.78 is 0. The van der Waals surface area contributed by atoms with Crippen molar-refractivity contribution in [2.24, 2.45) is 5.92 Å². The summed E-state index contributed by atoms with van der Waals surface area (Å²) in [6.07, 6.45) is 2.41. The first-order chi connectivity index (χ1) is 8.95. The highest BCUT2D eigenvalue weighted by atomic mass is 35.5. The fourth-order valence-electron chi connectivity index (χ4n) is 2.14. The number of carbonyl (C=O) groups is 2. The molecule has 0 spiro atoms. The molecule has 1 aliphatic carbocycles. The minimum atomic E-state index is -0.0761. The molecular weight excluding hydrogens is 264 g/mol. The van der Waals surface area contributed by atoms with E-state index in [-0.39, 0.29) is 5.91 Å². The fraction of sp³-hybridized carbons (Fsp3) is 0.429. The number of Topliss-reactive ketones (excluding diaryl/α,β-unsaturated/α-hetero) is 1. The monoisotopic (exact) mass is 280 g/mol. The van der Waals surface area contributed by atoms with Crippen molar-refractivity contribution in [3.8, 4) is 0 Å². The highest BCUT2D eigenvalue weighted by Gasteiger charge is 2.26. The second-order valence-corrected chi connectivity index (χ2v) is 5.50. The van der Waals surface area contributed by atoms with E-state index < -0.39 is 0 Å². The van der Waals surface area contributed by atoms with Crippen LogP contribution in [0.2, 0.25) is 5.02 Å². The number of amides is 1. The van der Waals surface area contributed by atoms with Gasteiger partial charge in [0, 0.05) is 24.3 Å². The number of carbonyl (C=O) groups excluding carboxylic acids is 2. The number of ketones is 1. The van der Waals surface area contributed by atoms with Crippen molar-refractivity contribution in [3.63, 3.8) is 0 Å². The lowest BCUT2D eigenvalue weighted by Gasteiger charge is -2.23. The Hall–Kier alpha value is -1.55. The van der Waals surface area contributed by atoms with Crippen molar-refractivity contribution in [2.45, 2.75) is 32.6 Å². The summed E-state index contributed by atoms with van der Waals surface area (Å²) in [6.45, 7) is 1.86. The maximum atomic E-state index is 11.8. The molecule has 0 radical (unpaired) electrons. The van der Waals surface area contributed by atoms with Crippen molar-refractivity contribution < 1.29 is 9.59 Å². The molecule has 1 fully saturated rings. The Morgan fingerprint density at radius 2 is 2.16 bits per heavy atom. The molecule has 102 valence electrons. The zero-order chi connectivity index (χ0) is 14.0. The van der Waals surface area contributed by atoms with Gasteiger partial charge in [0.15, 0.2) is 0 Å². The number of hydrogen-bond donors (Lipinski definition) is 2. The van der Waals surface area contributed by atoms with Gasteiger partial charge in [-0.2, -0.15) is 0 Å². The summed E-state index contributed by atoms with van der Waals surface area (Å²) in [6, 6.07) is 3.40. The summed E-state index contributed by atoms with van der Waals surface area (Å²) in [5.41, 5.74) is 7.73. The minimum Gasteiger partial charge on any atom is -0.397 e. The Bertz CT molecular complexity index is 520. The zero-order valence-electron chi connectivity index (χ0n) is 10.8. The third-order valence-corrected chi connectivity index (χ3v) is 3.82. The van der Waals surface area contributed by atoms with E-state index in [0.29, 0.717) is 47.4 Å². The van der Waals surface area contributed by atoms with Crippen LogP contribution in [0.1, 0.15) is 31.2 Å². The van der Waals surface area contributed by atoms with Crippen LogP contribution in [-0.2, 0) is 9.59 Å². The first-order valence-electron chi connectivity index (χ1n) is 6.33. The Morgan fingerprint density at radius 1 is 1.47 bits per heavy atom. The van der Waals surface area contributed by atoms with Gasteiger partial charge in [0.25, 0.3) is 0 Å². The van der Waals surface area contributed by atoms with Crippen LogP contribution in [-0.4, -0.2) is 11.7 Å². The van der Waals surface area contributed by atoms with Gasteiger partial charge in [-0.05, 0) is 37.0 Å². The highest BCUT2D eigenvalue weighted by molar-refractivity contribution is 6.31. The van der Waals surface area contributed by atoms with E-state index in [1.807, 2.05) is 6.92 Å².